The maximum atomic E-state index is 12.8. The highest BCUT2D eigenvalue weighted by atomic mass is 79.9. The Morgan fingerprint density at radius 3 is 2.69 bits per heavy atom. The first-order valence-corrected chi connectivity index (χ1v) is 10.4. The van der Waals surface area contributed by atoms with Crippen molar-refractivity contribution in [1.82, 2.24) is 24.6 Å². The maximum absolute atomic E-state index is 12.8. The van der Waals surface area contributed by atoms with Gasteiger partial charge in [0, 0.05) is 28.7 Å². The van der Waals surface area contributed by atoms with Gasteiger partial charge in [-0.1, -0.05) is 34.1 Å². The number of benzene rings is 2. The number of nitro groups is 1. The van der Waals surface area contributed by atoms with Gasteiger partial charge >= 0.3 is 0 Å². The summed E-state index contributed by atoms with van der Waals surface area (Å²) in [5.74, 6) is -0.207. The summed E-state index contributed by atoms with van der Waals surface area (Å²) in [5.41, 5.74) is 1.42. The number of halogens is 1. The van der Waals surface area contributed by atoms with Crippen LogP contribution in [0.4, 0.5) is 5.69 Å². The van der Waals surface area contributed by atoms with Crippen LogP contribution in [0, 0.1) is 10.1 Å². The van der Waals surface area contributed by atoms with E-state index in [1.807, 2.05) is 6.07 Å². The van der Waals surface area contributed by atoms with Gasteiger partial charge in [-0.3, -0.25) is 24.3 Å². The van der Waals surface area contributed by atoms with Crippen LogP contribution < -0.4 is 10.9 Å². The molecule has 0 spiro atoms. The summed E-state index contributed by atoms with van der Waals surface area (Å²) in [6, 6.07) is 13.1. The highest BCUT2D eigenvalue weighted by Crippen LogP contribution is 2.13. The van der Waals surface area contributed by atoms with Crippen LogP contribution in [0.1, 0.15) is 15.9 Å². The molecule has 0 saturated carbocycles. The van der Waals surface area contributed by atoms with Gasteiger partial charge < -0.3 is 5.32 Å². The average Bonchev–Trinajstić information content (AvgIpc) is 3.19. The van der Waals surface area contributed by atoms with Crippen molar-refractivity contribution in [2.24, 2.45) is 0 Å². The molecule has 1 amide bonds. The first kappa shape index (κ1) is 21.4. The number of hydrogen-bond donors (Lipinski definition) is 1. The minimum absolute atomic E-state index is 0.0112. The topological polar surface area (TPSA) is 125 Å². The summed E-state index contributed by atoms with van der Waals surface area (Å²) >= 11 is 3.34. The summed E-state index contributed by atoms with van der Waals surface area (Å²) in [4.78, 5) is 39.7. The van der Waals surface area contributed by atoms with Crippen molar-refractivity contribution in [2.75, 3.05) is 6.54 Å². The van der Waals surface area contributed by atoms with Gasteiger partial charge in [0.05, 0.1) is 24.2 Å². The van der Waals surface area contributed by atoms with Gasteiger partial charge in [-0.2, -0.15) is 5.10 Å². The number of nitrogens with one attached hydrogen (secondary N) is 1. The van der Waals surface area contributed by atoms with Crippen LogP contribution in [0.3, 0.4) is 0 Å². The largest absolute Gasteiger partial charge is 0.350 e. The molecule has 2 heterocycles. The van der Waals surface area contributed by atoms with Crippen LogP contribution in [0.25, 0.3) is 11.0 Å². The van der Waals surface area contributed by atoms with Crippen LogP contribution in [0.5, 0.6) is 0 Å². The zero-order valence-electron chi connectivity index (χ0n) is 16.6. The Labute approximate surface area is 189 Å². The van der Waals surface area contributed by atoms with Gasteiger partial charge in [0.2, 0.25) is 0 Å². The lowest BCUT2D eigenvalue weighted by molar-refractivity contribution is -0.384. The molecule has 2 aromatic carbocycles. The van der Waals surface area contributed by atoms with Gasteiger partial charge in [-0.15, -0.1) is 0 Å². The van der Waals surface area contributed by atoms with E-state index in [2.05, 4.69) is 31.3 Å². The Morgan fingerprint density at radius 1 is 1.19 bits per heavy atom. The number of amides is 1. The molecule has 0 aliphatic carbocycles. The molecule has 0 aliphatic rings. The first-order valence-electron chi connectivity index (χ1n) is 9.60. The average molecular weight is 497 g/mol. The van der Waals surface area contributed by atoms with Crippen LogP contribution >= 0.6 is 15.9 Å². The molecule has 11 heteroatoms. The van der Waals surface area contributed by atoms with Crippen molar-refractivity contribution in [3.63, 3.8) is 0 Å². The van der Waals surface area contributed by atoms with Crippen molar-refractivity contribution in [3.8, 4) is 0 Å². The number of hydrogen-bond acceptors (Lipinski definition) is 6. The third-order valence-electron chi connectivity index (χ3n) is 4.82. The minimum Gasteiger partial charge on any atom is -0.350 e. The third kappa shape index (κ3) is 4.57. The number of aromatic nitrogens is 4. The number of rotatable bonds is 7. The molecule has 162 valence electrons. The normalized spacial score (nSPS) is 10.9. The van der Waals surface area contributed by atoms with E-state index in [-0.39, 0.29) is 23.7 Å². The predicted octanol–water partition coefficient (Wildman–Crippen LogP) is 2.74. The lowest BCUT2D eigenvalue weighted by Crippen LogP contribution is -2.27. The van der Waals surface area contributed by atoms with Gasteiger partial charge in [-0.05, 0) is 23.8 Å². The molecule has 0 fully saturated rings. The van der Waals surface area contributed by atoms with Crippen LogP contribution in [0.15, 0.2) is 70.3 Å². The van der Waals surface area contributed by atoms with E-state index in [9.17, 15) is 19.7 Å². The molecular formula is C21H17BrN6O4. The number of carbonyl (C=O) groups excluding carboxylic acids is 1. The van der Waals surface area contributed by atoms with E-state index in [1.54, 1.807) is 35.0 Å². The molecule has 0 atom stereocenters. The Balaban J connectivity index is 1.45. The number of nitro benzene ring substituents is 1. The fourth-order valence-electron chi connectivity index (χ4n) is 3.20. The molecule has 10 nitrogen and oxygen atoms in total. The Hall–Kier alpha value is -3.86. The summed E-state index contributed by atoms with van der Waals surface area (Å²) in [6.07, 6.45) is 2.87. The molecule has 2 aromatic heterocycles. The number of fused-ring (bicyclic) bond motifs is 1. The monoisotopic (exact) mass is 496 g/mol. The summed E-state index contributed by atoms with van der Waals surface area (Å²) in [7, 11) is 0. The van der Waals surface area contributed by atoms with Crippen molar-refractivity contribution in [1.29, 1.82) is 0 Å². The highest BCUT2D eigenvalue weighted by Gasteiger charge is 2.12. The lowest BCUT2D eigenvalue weighted by atomic mass is 10.2. The second kappa shape index (κ2) is 9.10. The third-order valence-corrected chi connectivity index (χ3v) is 5.31. The molecule has 4 rings (SSSR count). The maximum Gasteiger partial charge on any atom is 0.269 e. The van der Waals surface area contributed by atoms with Gasteiger partial charge in [0.25, 0.3) is 17.2 Å². The van der Waals surface area contributed by atoms with E-state index in [0.29, 0.717) is 29.7 Å². The molecule has 1 N–H and O–H groups in total. The van der Waals surface area contributed by atoms with Crippen molar-refractivity contribution < 1.29 is 9.72 Å². The van der Waals surface area contributed by atoms with E-state index >= 15 is 0 Å². The van der Waals surface area contributed by atoms with Crippen LogP contribution in [-0.2, 0) is 13.1 Å². The van der Waals surface area contributed by atoms with Crippen LogP contribution in [-0.4, -0.2) is 36.7 Å². The molecule has 0 bridgehead atoms. The summed E-state index contributed by atoms with van der Waals surface area (Å²) < 4.78 is 3.80. The van der Waals surface area contributed by atoms with Crippen molar-refractivity contribution in [3.05, 3.63) is 97.1 Å². The second-order valence-electron chi connectivity index (χ2n) is 6.97. The SMILES string of the molecule is O=C(NCCn1ncc2c(=O)n(Cc3ccc([N+](=O)[O-])cc3)cnc21)c1cccc(Br)c1. The highest BCUT2D eigenvalue weighted by molar-refractivity contribution is 9.10. The van der Waals surface area contributed by atoms with Crippen molar-refractivity contribution in [2.45, 2.75) is 13.1 Å². The summed E-state index contributed by atoms with van der Waals surface area (Å²) in [6.45, 7) is 0.894. The lowest BCUT2D eigenvalue weighted by Gasteiger charge is -2.08. The number of nitrogens with zero attached hydrogens (tertiary/aromatic N) is 5. The fourth-order valence-corrected chi connectivity index (χ4v) is 3.60. The van der Waals surface area contributed by atoms with E-state index in [1.165, 1.54) is 29.2 Å². The van der Waals surface area contributed by atoms with Gasteiger partial charge in [0.1, 0.15) is 11.7 Å². The smallest absolute Gasteiger partial charge is 0.269 e. The molecule has 0 aliphatic heterocycles. The summed E-state index contributed by atoms with van der Waals surface area (Å²) in [5, 5.41) is 18.2. The quantitative estimate of drug-likeness (QED) is 0.309. The second-order valence-corrected chi connectivity index (χ2v) is 7.89. The number of non-ortho nitro benzene ring substituents is 1. The standard InChI is InChI=1S/C21H17BrN6O4/c22-16-3-1-2-15(10-16)20(29)23-8-9-27-19-18(11-25-27)21(30)26(13-24-19)12-14-4-6-17(7-5-14)28(31)32/h1-7,10-11,13H,8-9,12H2,(H,23,29). The molecule has 4 aromatic rings. The predicted molar refractivity (Wildman–Crippen MR) is 120 cm³/mol. The molecule has 32 heavy (non-hydrogen) atoms. The van der Waals surface area contributed by atoms with Crippen LogP contribution in [0.2, 0.25) is 0 Å². The Kier molecular flexibility index (Phi) is 6.08. The van der Waals surface area contributed by atoms with Gasteiger partial charge in [0.15, 0.2) is 5.65 Å². The molecule has 0 saturated heterocycles. The van der Waals surface area contributed by atoms with E-state index < -0.39 is 4.92 Å². The first-order chi connectivity index (χ1) is 15.4. The molecular weight excluding hydrogens is 480 g/mol. The van der Waals surface area contributed by atoms with E-state index in [4.69, 9.17) is 0 Å². The number of carbonyl (C=O) groups is 1. The molecule has 0 unspecified atom stereocenters. The zero-order chi connectivity index (χ0) is 22.7. The zero-order valence-corrected chi connectivity index (χ0v) is 18.2. The Morgan fingerprint density at radius 2 is 1.97 bits per heavy atom. The minimum atomic E-state index is -0.473. The Bertz CT molecular complexity index is 1360. The molecule has 0 radical (unpaired) electrons. The van der Waals surface area contributed by atoms with E-state index in [0.717, 1.165) is 10.0 Å². The van der Waals surface area contributed by atoms with Crippen molar-refractivity contribution >= 4 is 38.6 Å². The fraction of sp³-hybridized carbons (Fsp3) is 0.143. The van der Waals surface area contributed by atoms with Gasteiger partial charge in [-0.25, -0.2) is 9.67 Å².